The Kier molecular flexibility index (Phi) is 3.23. The highest BCUT2D eigenvalue weighted by Gasteiger charge is 2.05. The van der Waals surface area contributed by atoms with Crippen LogP contribution < -0.4 is 4.74 Å². The molecule has 7 heteroatoms. The summed E-state index contributed by atoms with van der Waals surface area (Å²) in [7, 11) is 2.02. The highest BCUT2D eigenvalue weighted by atomic mass is 16.5. The van der Waals surface area contributed by atoms with Crippen LogP contribution in [0.2, 0.25) is 0 Å². The van der Waals surface area contributed by atoms with Crippen molar-refractivity contribution >= 4 is 10.9 Å². The predicted octanol–water partition coefficient (Wildman–Crippen LogP) is 2.40. The van der Waals surface area contributed by atoms with E-state index in [1.165, 1.54) is 6.33 Å². The smallest absolute Gasteiger partial charge is 0.222 e. The molecule has 0 amide bonds. The maximum Gasteiger partial charge on any atom is 0.222 e. The van der Waals surface area contributed by atoms with Gasteiger partial charge in [0, 0.05) is 30.2 Å². The van der Waals surface area contributed by atoms with E-state index >= 15 is 0 Å². The fourth-order valence-electron chi connectivity index (χ4n) is 2.43. The number of hydrogen-bond donors (Lipinski definition) is 0. The molecule has 0 saturated heterocycles. The van der Waals surface area contributed by atoms with Crippen molar-refractivity contribution in [1.29, 1.82) is 0 Å². The third-order valence-corrected chi connectivity index (χ3v) is 3.55. The van der Waals surface area contributed by atoms with Crippen molar-refractivity contribution in [3.63, 3.8) is 0 Å². The van der Waals surface area contributed by atoms with Crippen molar-refractivity contribution in [3.8, 4) is 11.6 Å². The number of hydrogen-bond acceptors (Lipinski definition) is 5. The third-order valence-electron chi connectivity index (χ3n) is 3.55. The van der Waals surface area contributed by atoms with Crippen molar-refractivity contribution in [3.05, 3.63) is 60.9 Å². The average Bonchev–Trinajstić information content (AvgIpc) is 3.18. The first-order valence-electron chi connectivity index (χ1n) is 7.16. The topological polar surface area (TPSA) is 70.7 Å². The molecule has 0 aliphatic carbocycles. The van der Waals surface area contributed by atoms with Gasteiger partial charge < -0.3 is 9.30 Å². The Hall–Kier alpha value is -3.22. The minimum Gasteiger partial charge on any atom is -0.439 e. The van der Waals surface area contributed by atoms with E-state index in [-0.39, 0.29) is 0 Å². The molecule has 23 heavy (non-hydrogen) atoms. The summed E-state index contributed by atoms with van der Waals surface area (Å²) < 4.78 is 7.91. The summed E-state index contributed by atoms with van der Waals surface area (Å²) in [5.41, 5.74) is 1.94. The Labute approximate surface area is 132 Å². The lowest BCUT2D eigenvalue weighted by Gasteiger charge is -2.06. The van der Waals surface area contributed by atoms with Gasteiger partial charge in [0.2, 0.25) is 5.88 Å². The van der Waals surface area contributed by atoms with Gasteiger partial charge in [-0.25, -0.2) is 9.97 Å². The molecule has 0 spiro atoms. The molecule has 0 aliphatic heterocycles. The van der Waals surface area contributed by atoms with Crippen molar-refractivity contribution < 1.29 is 4.74 Å². The zero-order valence-corrected chi connectivity index (χ0v) is 12.5. The molecule has 7 nitrogen and oxygen atoms in total. The van der Waals surface area contributed by atoms with Gasteiger partial charge in [-0.2, -0.15) is 15.0 Å². The maximum absolute atomic E-state index is 5.85. The summed E-state index contributed by atoms with van der Waals surface area (Å²) in [6.45, 7) is 0.476. The van der Waals surface area contributed by atoms with E-state index in [9.17, 15) is 0 Å². The molecule has 4 aromatic rings. The van der Waals surface area contributed by atoms with Gasteiger partial charge in [-0.1, -0.05) is 0 Å². The molecule has 0 N–H and O–H groups in total. The van der Waals surface area contributed by atoms with Crippen LogP contribution in [0.25, 0.3) is 10.9 Å². The lowest BCUT2D eigenvalue weighted by atomic mass is 10.2. The van der Waals surface area contributed by atoms with Gasteiger partial charge in [-0.15, -0.1) is 0 Å². The molecular formula is C16H14N6O. The van der Waals surface area contributed by atoms with Crippen LogP contribution in [0.1, 0.15) is 5.69 Å². The maximum atomic E-state index is 5.85. The summed E-state index contributed by atoms with van der Waals surface area (Å²) in [6, 6.07) is 9.79. The van der Waals surface area contributed by atoms with Gasteiger partial charge in [0.05, 0.1) is 18.1 Å². The SMILES string of the molecule is Cn1ccc2cc(Oc3cc(Cn4nccn4)ncn3)ccc21. The van der Waals surface area contributed by atoms with Gasteiger partial charge >= 0.3 is 0 Å². The van der Waals surface area contributed by atoms with Crippen LogP contribution in [-0.2, 0) is 13.6 Å². The Morgan fingerprint density at radius 3 is 2.78 bits per heavy atom. The third kappa shape index (κ3) is 2.76. The minimum atomic E-state index is 0.476. The number of aryl methyl sites for hydroxylation is 1. The monoisotopic (exact) mass is 306 g/mol. The number of benzene rings is 1. The molecular weight excluding hydrogens is 292 g/mol. The summed E-state index contributed by atoms with van der Waals surface area (Å²) in [4.78, 5) is 9.93. The lowest BCUT2D eigenvalue weighted by molar-refractivity contribution is 0.459. The molecule has 0 saturated carbocycles. The van der Waals surface area contributed by atoms with Crippen molar-refractivity contribution in [2.24, 2.45) is 7.05 Å². The lowest BCUT2D eigenvalue weighted by Crippen LogP contribution is -2.05. The second-order valence-electron chi connectivity index (χ2n) is 5.16. The Morgan fingerprint density at radius 2 is 1.91 bits per heavy atom. The fourth-order valence-corrected chi connectivity index (χ4v) is 2.43. The van der Waals surface area contributed by atoms with Crippen LogP contribution in [0.3, 0.4) is 0 Å². The first-order valence-corrected chi connectivity index (χ1v) is 7.16. The molecule has 0 unspecified atom stereocenters. The molecule has 0 bridgehead atoms. The Balaban J connectivity index is 1.57. The standard InChI is InChI=1S/C16H14N6O/c1-21-7-4-12-8-14(2-3-15(12)21)23-16-9-13(17-11-18-16)10-22-19-5-6-20-22/h2-9,11H,10H2,1H3. The molecule has 3 heterocycles. The van der Waals surface area contributed by atoms with Crippen molar-refractivity contribution in [2.45, 2.75) is 6.54 Å². The summed E-state index contributed by atoms with van der Waals surface area (Å²) in [5, 5.41) is 9.25. The van der Waals surface area contributed by atoms with E-state index in [2.05, 4.69) is 30.8 Å². The van der Waals surface area contributed by atoms with Crippen LogP contribution in [-0.4, -0.2) is 29.5 Å². The van der Waals surface area contributed by atoms with E-state index in [4.69, 9.17) is 4.74 Å². The zero-order chi connectivity index (χ0) is 15.6. The van der Waals surface area contributed by atoms with E-state index < -0.39 is 0 Å². The van der Waals surface area contributed by atoms with E-state index in [0.29, 0.717) is 12.4 Å². The van der Waals surface area contributed by atoms with Crippen LogP contribution in [0.5, 0.6) is 11.6 Å². The molecule has 4 rings (SSSR count). The molecule has 1 aromatic carbocycles. The summed E-state index contributed by atoms with van der Waals surface area (Å²) in [6.07, 6.45) is 6.77. The predicted molar refractivity (Wildman–Crippen MR) is 84.1 cm³/mol. The normalized spacial score (nSPS) is 11.0. The van der Waals surface area contributed by atoms with Gasteiger partial charge in [0.25, 0.3) is 0 Å². The molecule has 0 radical (unpaired) electrons. The second kappa shape index (κ2) is 5.53. The average molecular weight is 306 g/mol. The number of aromatic nitrogens is 6. The minimum absolute atomic E-state index is 0.476. The van der Waals surface area contributed by atoms with Crippen LogP contribution in [0.15, 0.2) is 55.2 Å². The Morgan fingerprint density at radius 1 is 1.04 bits per heavy atom. The zero-order valence-electron chi connectivity index (χ0n) is 12.5. The first-order chi connectivity index (χ1) is 11.3. The first kappa shape index (κ1) is 13.4. The molecule has 3 aromatic heterocycles. The van der Waals surface area contributed by atoms with E-state index in [1.807, 2.05) is 31.4 Å². The number of fused-ring (bicyclic) bond motifs is 1. The molecule has 0 aliphatic rings. The van der Waals surface area contributed by atoms with Gasteiger partial charge in [-0.3, -0.25) is 0 Å². The highest BCUT2D eigenvalue weighted by Crippen LogP contribution is 2.25. The Bertz CT molecular complexity index is 944. The number of ether oxygens (including phenoxy) is 1. The van der Waals surface area contributed by atoms with Gasteiger partial charge in [0.15, 0.2) is 0 Å². The molecule has 0 fully saturated rings. The highest BCUT2D eigenvalue weighted by molar-refractivity contribution is 5.81. The van der Waals surface area contributed by atoms with Crippen molar-refractivity contribution in [1.82, 2.24) is 29.5 Å². The molecule has 114 valence electrons. The number of nitrogens with zero attached hydrogens (tertiary/aromatic N) is 6. The van der Waals surface area contributed by atoms with Crippen LogP contribution >= 0.6 is 0 Å². The number of rotatable bonds is 4. The second-order valence-corrected chi connectivity index (χ2v) is 5.16. The summed E-state index contributed by atoms with van der Waals surface area (Å²) in [5.74, 6) is 1.24. The van der Waals surface area contributed by atoms with Gasteiger partial charge in [0.1, 0.15) is 18.6 Å². The fraction of sp³-hybridized carbons (Fsp3) is 0.125. The van der Waals surface area contributed by atoms with E-state index in [1.54, 1.807) is 23.3 Å². The summed E-state index contributed by atoms with van der Waals surface area (Å²) >= 11 is 0. The quantitative estimate of drug-likeness (QED) is 0.579. The van der Waals surface area contributed by atoms with Crippen molar-refractivity contribution in [2.75, 3.05) is 0 Å². The largest absolute Gasteiger partial charge is 0.439 e. The van der Waals surface area contributed by atoms with E-state index in [0.717, 1.165) is 22.3 Å². The van der Waals surface area contributed by atoms with Crippen LogP contribution in [0, 0.1) is 0 Å². The van der Waals surface area contributed by atoms with Crippen LogP contribution in [0.4, 0.5) is 0 Å². The molecule has 0 atom stereocenters. The van der Waals surface area contributed by atoms with Gasteiger partial charge in [-0.05, 0) is 24.3 Å².